The largest absolute Gasteiger partial charge is 0.328 e. The Morgan fingerprint density at radius 2 is 1.81 bits per heavy atom. The van der Waals surface area contributed by atoms with Crippen molar-refractivity contribution in [1.29, 1.82) is 0 Å². The molecule has 0 spiro atoms. The average molecular weight is 394 g/mol. The molecule has 0 bridgehead atoms. The zero-order valence-electron chi connectivity index (χ0n) is 16.1. The van der Waals surface area contributed by atoms with Crippen molar-refractivity contribution in [2.24, 2.45) is 11.7 Å². The van der Waals surface area contributed by atoms with Gasteiger partial charge in [-0.1, -0.05) is 25.3 Å². The molecule has 1 heterocycles. The lowest BCUT2D eigenvalue weighted by Crippen LogP contribution is -2.34. The van der Waals surface area contributed by atoms with Crippen LogP contribution in [-0.4, -0.2) is 37.8 Å². The quantitative estimate of drug-likeness (QED) is 0.822. The van der Waals surface area contributed by atoms with Crippen molar-refractivity contribution in [2.45, 2.75) is 69.2 Å². The van der Waals surface area contributed by atoms with E-state index in [0.29, 0.717) is 35.7 Å². The number of amides is 1. The fraction of sp³-hybridized carbons (Fsp3) is 0.650. The van der Waals surface area contributed by atoms with E-state index in [9.17, 15) is 13.2 Å². The molecule has 0 aromatic heterocycles. The maximum absolute atomic E-state index is 13.1. The van der Waals surface area contributed by atoms with Gasteiger partial charge < -0.3 is 11.1 Å². The Morgan fingerprint density at radius 3 is 2.48 bits per heavy atom. The van der Waals surface area contributed by atoms with Crippen LogP contribution in [0.4, 0.5) is 5.69 Å². The van der Waals surface area contributed by atoms with Crippen LogP contribution in [0.5, 0.6) is 0 Å². The van der Waals surface area contributed by atoms with Crippen LogP contribution in [0.15, 0.2) is 23.1 Å². The van der Waals surface area contributed by atoms with E-state index >= 15 is 0 Å². The van der Waals surface area contributed by atoms with E-state index in [0.717, 1.165) is 44.9 Å². The van der Waals surface area contributed by atoms with E-state index in [1.165, 1.54) is 0 Å². The lowest BCUT2D eigenvalue weighted by molar-refractivity contribution is -0.120. The molecule has 3 N–H and O–H groups in total. The number of carbonyl (C=O) groups is 1. The van der Waals surface area contributed by atoms with Crippen LogP contribution in [0.3, 0.4) is 0 Å². The molecular formula is C20H31N3O3S. The summed E-state index contributed by atoms with van der Waals surface area (Å²) in [6.45, 7) is 2.94. The van der Waals surface area contributed by atoms with E-state index in [2.05, 4.69) is 5.32 Å². The summed E-state index contributed by atoms with van der Waals surface area (Å²) in [7, 11) is -3.55. The number of benzene rings is 1. The fourth-order valence-corrected chi connectivity index (χ4v) is 5.85. The maximum Gasteiger partial charge on any atom is 0.243 e. The molecule has 1 saturated heterocycles. The molecule has 1 aliphatic carbocycles. The molecule has 0 radical (unpaired) electrons. The summed E-state index contributed by atoms with van der Waals surface area (Å²) in [5.74, 6) is -0.159. The minimum atomic E-state index is -3.55. The molecule has 2 unspecified atom stereocenters. The summed E-state index contributed by atoms with van der Waals surface area (Å²) >= 11 is 0. The minimum absolute atomic E-state index is 0.0628. The molecule has 1 saturated carbocycles. The Balaban J connectivity index is 1.78. The molecule has 7 heteroatoms. The summed E-state index contributed by atoms with van der Waals surface area (Å²) < 4.78 is 27.9. The van der Waals surface area contributed by atoms with Gasteiger partial charge in [-0.15, -0.1) is 0 Å². The molecule has 3 rings (SSSR count). The van der Waals surface area contributed by atoms with Crippen LogP contribution in [0, 0.1) is 12.8 Å². The molecule has 1 aromatic carbocycles. The lowest BCUT2D eigenvalue weighted by Gasteiger charge is -2.26. The first-order chi connectivity index (χ1) is 12.9. The van der Waals surface area contributed by atoms with Gasteiger partial charge in [-0.05, 0) is 56.7 Å². The Kier molecular flexibility index (Phi) is 6.55. The highest BCUT2D eigenvalue weighted by molar-refractivity contribution is 7.89. The molecule has 1 amide bonds. The molecule has 6 nitrogen and oxygen atoms in total. The number of nitrogens with two attached hydrogens (primary N) is 1. The van der Waals surface area contributed by atoms with Crippen molar-refractivity contribution in [3.8, 4) is 0 Å². The van der Waals surface area contributed by atoms with Crippen LogP contribution < -0.4 is 11.1 Å². The summed E-state index contributed by atoms with van der Waals surface area (Å²) in [5, 5.41) is 2.91. The van der Waals surface area contributed by atoms with Crippen LogP contribution >= 0.6 is 0 Å². The third kappa shape index (κ3) is 4.89. The van der Waals surface area contributed by atoms with Gasteiger partial charge in [0, 0.05) is 30.7 Å². The second-order valence-corrected chi connectivity index (χ2v) is 9.82. The van der Waals surface area contributed by atoms with Gasteiger partial charge in [-0.2, -0.15) is 4.31 Å². The van der Waals surface area contributed by atoms with E-state index in [-0.39, 0.29) is 17.9 Å². The normalized spacial score (nSPS) is 25.0. The predicted molar refractivity (Wildman–Crippen MR) is 107 cm³/mol. The molecule has 1 aliphatic heterocycles. The van der Waals surface area contributed by atoms with E-state index in [1.54, 1.807) is 29.4 Å². The molecule has 2 fully saturated rings. The maximum atomic E-state index is 13.1. The first kappa shape index (κ1) is 20.3. The molecule has 150 valence electrons. The van der Waals surface area contributed by atoms with Gasteiger partial charge in [-0.25, -0.2) is 8.42 Å². The zero-order chi connectivity index (χ0) is 19.4. The van der Waals surface area contributed by atoms with Crippen molar-refractivity contribution in [3.05, 3.63) is 23.8 Å². The lowest BCUT2D eigenvalue weighted by atomic mass is 9.85. The van der Waals surface area contributed by atoms with Gasteiger partial charge in [0.2, 0.25) is 15.9 Å². The average Bonchev–Trinajstić information content (AvgIpc) is 2.93. The number of rotatable bonds is 4. The number of anilines is 1. The topological polar surface area (TPSA) is 92.5 Å². The second-order valence-electron chi connectivity index (χ2n) is 7.91. The van der Waals surface area contributed by atoms with E-state index in [4.69, 9.17) is 5.73 Å². The standard InChI is InChI=1S/C20H31N3O3S/c1-15-9-10-18(22-20(24)16-7-6-8-17(21)13-16)14-19(15)27(25,26)23-11-4-2-3-5-12-23/h9-10,14,16-17H,2-8,11-13,21H2,1H3,(H,22,24). The van der Waals surface area contributed by atoms with Crippen molar-refractivity contribution < 1.29 is 13.2 Å². The first-order valence-electron chi connectivity index (χ1n) is 10.0. The molecule has 2 aliphatic rings. The van der Waals surface area contributed by atoms with Crippen LogP contribution in [0.25, 0.3) is 0 Å². The van der Waals surface area contributed by atoms with Gasteiger partial charge in [-0.3, -0.25) is 4.79 Å². The van der Waals surface area contributed by atoms with Crippen molar-refractivity contribution in [3.63, 3.8) is 0 Å². The van der Waals surface area contributed by atoms with Gasteiger partial charge in [0.25, 0.3) is 0 Å². The number of aryl methyl sites for hydroxylation is 1. The number of nitrogens with zero attached hydrogens (tertiary/aromatic N) is 1. The summed E-state index contributed by atoms with van der Waals surface area (Å²) in [6, 6.07) is 5.23. The van der Waals surface area contributed by atoms with E-state index < -0.39 is 10.0 Å². The van der Waals surface area contributed by atoms with Gasteiger partial charge in [0.05, 0.1) is 4.90 Å². The van der Waals surface area contributed by atoms with Gasteiger partial charge >= 0.3 is 0 Å². The SMILES string of the molecule is Cc1ccc(NC(=O)C2CCCC(N)C2)cc1S(=O)(=O)N1CCCCCC1. The highest BCUT2D eigenvalue weighted by Gasteiger charge is 2.28. The molecular weight excluding hydrogens is 362 g/mol. The third-order valence-electron chi connectivity index (χ3n) is 5.72. The first-order valence-corrected chi connectivity index (χ1v) is 11.5. The van der Waals surface area contributed by atoms with Crippen molar-refractivity contribution in [2.75, 3.05) is 18.4 Å². The highest BCUT2D eigenvalue weighted by atomic mass is 32.2. The van der Waals surface area contributed by atoms with Crippen molar-refractivity contribution in [1.82, 2.24) is 4.31 Å². The number of sulfonamides is 1. The summed E-state index contributed by atoms with van der Waals surface area (Å²) in [6.07, 6.45) is 7.40. The predicted octanol–water partition coefficient (Wildman–Crippen LogP) is 3.02. The van der Waals surface area contributed by atoms with Gasteiger partial charge in [0.15, 0.2) is 0 Å². The summed E-state index contributed by atoms with van der Waals surface area (Å²) in [5.41, 5.74) is 7.23. The number of hydrogen-bond acceptors (Lipinski definition) is 4. The molecule has 2 atom stereocenters. The Hall–Kier alpha value is -1.44. The zero-order valence-corrected chi connectivity index (χ0v) is 16.9. The fourth-order valence-electron chi connectivity index (χ4n) is 4.09. The highest BCUT2D eigenvalue weighted by Crippen LogP contribution is 2.28. The van der Waals surface area contributed by atoms with Crippen LogP contribution in [-0.2, 0) is 14.8 Å². The Labute approximate surface area is 162 Å². The van der Waals surface area contributed by atoms with Crippen LogP contribution in [0.1, 0.15) is 56.9 Å². The minimum Gasteiger partial charge on any atom is -0.328 e. The number of hydrogen-bond donors (Lipinski definition) is 2. The monoisotopic (exact) mass is 393 g/mol. The van der Waals surface area contributed by atoms with Gasteiger partial charge in [0.1, 0.15) is 0 Å². The Morgan fingerprint density at radius 1 is 1.11 bits per heavy atom. The second kappa shape index (κ2) is 8.71. The van der Waals surface area contributed by atoms with E-state index in [1.807, 2.05) is 0 Å². The van der Waals surface area contributed by atoms with Crippen LogP contribution in [0.2, 0.25) is 0 Å². The molecule has 27 heavy (non-hydrogen) atoms. The summed E-state index contributed by atoms with van der Waals surface area (Å²) in [4.78, 5) is 12.9. The smallest absolute Gasteiger partial charge is 0.243 e. The van der Waals surface area contributed by atoms with Crippen molar-refractivity contribution >= 4 is 21.6 Å². The number of nitrogens with one attached hydrogen (secondary N) is 1. The number of carbonyl (C=O) groups excluding carboxylic acids is 1. The third-order valence-corrected chi connectivity index (χ3v) is 7.76. The Bertz CT molecular complexity index is 771. The molecule has 1 aromatic rings.